The lowest BCUT2D eigenvalue weighted by molar-refractivity contribution is 0.859. The molecule has 1 N–H and O–H groups in total. The summed E-state index contributed by atoms with van der Waals surface area (Å²) in [7, 11) is 0. The SMILES string of the molecule is CCNc1[c]nnnc1. The van der Waals surface area contributed by atoms with Gasteiger partial charge in [-0.25, -0.2) is 0 Å². The maximum absolute atomic E-state index is 3.55. The van der Waals surface area contributed by atoms with E-state index in [-0.39, 0.29) is 0 Å². The Bertz CT molecular complexity index is 162. The molecule has 1 rings (SSSR count). The summed E-state index contributed by atoms with van der Waals surface area (Å²) in [5.74, 6) is 0. The van der Waals surface area contributed by atoms with Crippen molar-refractivity contribution in [2.45, 2.75) is 6.92 Å². The maximum atomic E-state index is 3.55. The third-order valence-electron chi connectivity index (χ3n) is 0.821. The smallest absolute Gasteiger partial charge is 0.142 e. The third-order valence-corrected chi connectivity index (χ3v) is 0.821. The summed E-state index contributed by atoms with van der Waals surface area (Å²) in [5.41, 5.74) is 0.785. The van der Waals surface area contributed by atoms with E-state index in [9.17, 15) is 0 Å². The number of aromatic nitrogens is 3. The van der Waals surface area contributed by atoms with Crippen molar-refractivity contribution in [2.75, 3.05) is 11.9 Å². The Kier molecular flexibility index (Phi) is 1.95. The van der Waals surface area contributed by atoms with Crippen LogP contribution in [0.4, 0.5) is 5.69 Å². The van der Waals surface area contributed by atoms with E-state index >= 15 is 0 Å². The molecule has 0 fully saturated rings. The molecule has 0 aromatic carbocycles. The molecular weight excluding hydrogens is 116 g/mol. The van der Waals surface area contributed by atoms with Crippen molar-refractivity contribution in [2.24, 2.45) is 0 Å². The largest absolute Gasteiger partial charge is 0.382 e. The van der Waals surface area contributed by atoms with E-state index in [0.29, 0.717) is 0 Å². The molecule has 0 aliphatic heterocycles. The van der Waals surface area contributed by atoms with E-state index in [4.69, 9.17) is 0 Å². The normalized spacial score (nSPS) is 9.00. The lowest BCUT2D eigenvalue weighted by atomic mass is 10.5. The first kappa shape index (κ1) is 5.94. The third kappa shape index (κ3) is 1.64. The van der Waals surface area contributed by atoms with Crippen molar-refractivity contribution in [3.8, 4) is 0 Å². The fraction of sp³-hybridized carbons (Fsp3) is 0.400. The Morgan fingerprint density at radius 3 is 3.22 bits per heavy atom. The molecular formula is C5H7N4. The highest BCUT2D eigenvalue weighted by Crippen LogP contribution is 1.95. The van der Waals surface area contributed by atoms with Crippen LogP contribution in [-0.4, -0.2) is 22.0 Å². The second kappa shape index (κ2) is 2.96. The minimum atomic E-state index is 0.785. The van der Waals surface area contributed by atoms with Crippen LogP contribution in [0.1, 0.15) is 6.92 Å². The number of anilines is 1. The van der Waals surface area contributed by atoms with Crippen molar-refractivity contribution in [1.29, 1.82) is 0 Å². The highest BCUT2D eigenvalue weighted by Gasteiger charge is 1.86. The molecule has 1 aromatic rings. The molecule has 1 radical (unpaired) electrons. The van der Waals surface area contributed by atoms with E-state index in [1.807, 2.05) is 6.92 Å². The van der Waals surface area contributed by atoms with Gasteiger partial charge in [0.15, 0.2) is 0 Å². The summed E-state index contributed by atoms with van der Waals surface area (Å²) >= 11 is 0. The summed E-state index contributed by atoms with van der Waals surface area (Å²) in [6.45, 7) is 2.85. The van der Waals surface area contributed by atoms with Gasteiger partial charge >= 0.3 is 0 Å². The first-order valence-corrected chi connectivity index (χ1v) is 2.73. The monoisotopic (exact) mass is 123 g/mol. The maximum Gasteiger partial charge on any atom is 0.142 e. The van der Waals surface area contributed by atoms with Crippen molar-refractivity contribution >= 4 is 5.69 Å². The average molecular weight is 123 g/mol. The highest BCUT2D eigenvalue weighted by atomic mass is 15.3. The van der Waals surface area contributed by atoms with Gasteiger partial charge in [-0.3, -0.25) is 0 Å². The standard InChI is InChI=1S/C5H7N4/c1-2-6-5-3-7-9-8-4-5/h3H,2H2,1H3,(H,6,9). The van der Waals surface area contributed by atoms with Gasteiger partial charge in [-0.05, 0) is 12.1 Å². The van der Waals surface area contributed by atoms with Crippen molar-refractivity contribution in [3.63, 3.8) is 0 Å². The van der Waals surface area contributed by atoms with Crippen LogP contribution >= 0.6 is 0 Å². The Hall–Kier alpha value is -1.19. The highest BCUT2D eigenvalue weighted by molar-refractivity contribution is 5.34. The molecule has 0 aliphatic rings. The van der Waals surface area contributed by atoms with E-state index in [0.717, 1.165) is 12.2 Å². The van der Waals surface area contributed by atoms with Gasteiger partial charge in [0.1, 0.15) is 6.20 Å². The molecule has 47 valence electrons. The fourth-order valence-electron chi connectivity index (χ4n) is 0.490. The number of rotatable bonds is 2. The van der Waals surface area contributed by atoms with Crippen LogP contribution in [-0.2, 0) is 0 Å². The molecule has 1 heterocycles. The minimum absolute atomic E-state index is 0.785. The van der Waals surface area contributed by atoms with Gasteiger partial charge in [0.05, 0.1) is 11.9 Å². The van der Waals surface area contributed by atoms with Crippen molar-refractivity contribution in [3.05, 3.63) is 12.4 Å². The van der Waals surface area contributed by atoms with E-state index in [1.165, 1.54) is 0 Å². The molecule has 4 heteroatoms. The van der Waals surface area contributed by atoms with E-state index in [2.05, 4.69) is 26.9 Å². The van der Waals surface area contributed by atoms with Gasteiger partial charge in [0.25, 0.3) is 0 Å². The van der Waals surface area contributed by atoms with Crippen LogP contribution in [0.15, 0.2) is 6.20 Å². The average Bonchev–Trinajstić information content (AvgIpc) is 1.91. The van der Waals surface area contributed by atoms with Crippen LogP contribution in [0.25, 0.3) is 0 Å². The number of nitrogens with zero attached hydrogens (tertiary/aromatic N) is 3. The van der Waals surface area contributed by atoms with Crippen molar-refractivity contribution in [1.82, 2.24) is 15.4 Å². The van der Waals surface area contributed by atoms with Gasteiger partial charge in [-0.2, -0.15) is 0 Å². The predicted octanol–water partition coefficient (Wildman–Crippen LogP) is 0.104. The molecule has 0 atom stereocenters. The number of nitrogens with one attached hydrogen (secondary N) is 1. The summed E-state index contributed by atoms with van der Waals surface area (Å²) in [5, 5.41) is 13.3. The molecule has 0 aliphatic carbocycles. The van der Waals surface area contributed by atoms with Crippen LogP contribution < -0.4 is 5.32 Å². The molecule has 9 heavy (non-hydrogen) atoms. The fourth-order valence-corrected chi connectivity index (χ4v) is 0.490. The summed E-state index contributed by atoms with van der Waals surface area (Å²) < 4.78 is 0. The summed E-state index contributed by atoms with van der Waals surface area (Å²) in [4.78, 5) is 0. The molecule has 0 spiro atoms. The van der Waals surface area contributed by atoms with Gasteiger partial charge in [-0.1, -0.05) is 0 Å². The minimum Gasteiger partial charge on any atom is -0.382 e. The Morgan fingerprint density at radius 2 is 2.67 bits per heavy atom. The van der Waals surface area contributed by atoms with Gasteiger partial charge in [0, 0.05) is 6.54 Å². The molecule has 0 saturated heterocycles. The van der Waals surface area contributed by atoms with Crippen LogP contribution in [0.5, 0.6) is 0 Å². The first-order valence-electron chi connectivity index (χ1n) is 2.73. The lowest BCUT2D eigenvalue weighted by Crippen LogP contribution is -1.98. The predicted molar refractivity (Wildman–Crippen MR) is 32.8 cm³/mol. The first-order chi connectivity index (χ1) is 4.43. The van der Waals surface area contributed by atoms with Gasteiger partial charge in [0.2, 0.25) is 0 Å². The molecule has 0 bridgehead atoms. The van der Waals surface area contributed by atoms with E-state index < -0.39 is 0 Å². The second-order valence-electron chi connectivity index (χ2n) is 1.49. The molecule has 0 amide bonds. The Balaban J connectivity index is 2.61. The molecule has 4 nitrogen and oxygen atoms in total. The lowest BCUT2D eigenvalue weighted by Gasteiger charge is -1.95. The zero-order chi connectivity index (χ0) is 6.53. The van der Waals surface area contributed by atoms with Gasteiger partial charge < -0.3 is 5.32 Å². The molecule has 1 aromatic heterocycles. The Morgan fingerprint density at radius 1 is 1.78 bits per heavy atom. The topological polar surface area (TPSA) is 50.7 Å². The van der Waals surface area contributed by atoms with Crippen LogP contribution in [0.2, 0.25) is 0 Å². The van der Waals surface area contributed by atoms with Crippen molar-refractivity contribution < 1.29 is 0 Å². The quantitative estimate of drug-likeness (QED) is 0.606. The number of hydrogen-bond acceptors (Lipinski definition) is 4. The molecule has 0 saturated carbocycles. The van der Waals surface area contributed by atoms with Gasteiger partial charge in [-0.15, -0.1) is 10.2 Å². The zero-order valence-corrected chi connectivity index (χ0v) is 5.13. The second-order valence-corrected chi connectivity index (χ2v) is 1.49. The van der Waals surface area contributed by atoms with Crippen LogP contribution in [0, 0.1) is 6.20 Å². The van der Waals surface area contributed by atoms with Crippen LogP contribution in [0.3, 0.4) is 0 Å². The van der Waals surface area contributed by atoms with E-state index in [1.54, 1.807) is 6.20 Å². The summed E-state index contributed by atoms with van der Waals surface area (Å²) in [6.07, 6.45) is 4.21. The zero-order valence-electron chi connectivity index (χ0n) is 5.13. The number of hydrogen-bond donors (Lipinski definition) is 1. The Labute approximate surface area is 53.3 Å². The summed E-state index contributed by atoms with van der Waals surface area (Å²) in [6, 6.07) is 0. The molecule has 0 unspecified atom stereocenters.